The molecule has 0 aliphatic carbocycles. The number of rotatable bonds is 6. The minimum atomic E-state index is -4.55. The highest BCUT2D eigenvalue weighted by Crippen LogP contribution is 2.34. The number of hydrogen-bond acceptors (Lipinski definition) is 2. The highest BCUT2D eigenvalue weighted by molar-refractivity contribution is 5.96. The molecule has 0 saturated carbocycles. The van der Waals surface area contributed by atoms with Crippen LogP contribution in [-0.4, -0.2) is 12.4 Å². The van der Waals surface area contributed by atoms with Crippen molar-refractivity contribution in [3.8, 4) is 5.75 Å². The summed E-state index contributed by atoms with van der Waals surface area (Å²) in [5.74, 6) is -0.460. The lowest BCUT2D eigenvalue weighted by atomic mass is 10.1. The maximum absolute atomic E-state index is 12.8. The molecule has 1 aromatic carbocycles. The van der Waals surface area contributed by atoms with Gasteiger partial charge in [-0.1, -0.05) is 19.8 Å². The summed E-state index contributed by atoms with van der Waals surface area (Å²) in [4.78, 5) is 0. The molecule has 0 amide bonds. The molecule has 106 valence electrons. The van der Waals surface area contributed by atoms with Gasteiger partial charge in [0.05, 0.1) is 12.2 Å². The summed E-state index contributed by atoms with van der Waals surface area (Å²) in [6, 6.07) is 3.46. The van der Waals surface area contributed by atoms with Gasteiger partial charge < -0.3 is 10.5 Å². The summed E-state index contributed by atoms with van der Waals surface area (Å²) in [5, 5.41) is 7.16. The number of nitrogen functional groups attached to an aromatic ring is 1. The molecule has 0 aromatic heterocycles. The average Bonchev–Trinajstić information content (AvgIpc) is 2.33. The molecule has 0 radical (unpaired) electrons. The lowest BCUT2D eigenvalue weighted by Gasteiger charge is -2.14. The summed E-state index contributed by atoms with van der Waals surface area (Å²) >= 11 is 0. The topological polar surface area (TPSA) is 59.1 Å². The summed E-state index contributed by atoms with van der Waals surface area (Å²) in [5.41, 5.74) is 3.88. The summed E-state index contributed by atoms with van der Waals surface area (Å²) in [6.07, 6.45) is -1.77. The molecule has 0 aliphatic heterocycles. The van der Waals surface area contributed by atoms with Gasteiger partial charge in [-0.15, -0.1) is 0 Å². The van der Waals surface area contributed by atoms with E-state index < -0.39 is 17.6 Å². The third kappa shape index (κ3) is 4.46. The lowest BCUT2D eigenvalue weighted by Crippen LogP contribution is -2.19. The minimum Gasteiger partial charge on any atom is -0.494 e. The Morgan fingerprint density at radius 2 is 2.00 bits per heavy atom. The lowest BCUT2D eigenvalue weighted by molar-refractivity contribution is -0.137. The van der Waals surface area contributed by atoms with Crippen LogP contribution < -0.4 is 10.5 Å². The number of amidine groups is 1. The molecular weight excluding hydrogens is 257 g/mol. The Kier molecular flexibility index (Phi) is 5.20. The molecule has 1 rings (SSSR count). The van der Waals surface area contributed by atoms with Gasteiger partial charge in [0.25, 0.3) is 0 Å². The Hall–Kier alpha value is -1.72. The molecule has 0 fully saturated rings. The average molecular weight is 274 g/mol. The quantitative estimate of drug-likeness (QED) is 0.473. The van der Waals surface area contributed by atoms with E-state index in [1.807, 2.05) is 6.92 Å². The normalized spacial score (nSPS) is 11.4. The molecule has 0 heterocycles. The van der Waals surface area contributed by atoms with Gasteiger partial charge in [0.15, 0.2) is 0 Å². The van der Waals surface area contributed by atoms with Crippen molar-refractivity contribution in [3.05, 3.63) is 29.3 Å². The number of unbranched alkanes of at least 4 members (excludes halogenated alkanes) is 2. The summed E-state index contributed by atoms with van der Waals surface area (Å²) in [7, 11) is 0. The number of benzene rings is 1. The first-order chi connectivity index (χ1) is 8.86. The van der Waals surface area contributed by atoms with E-state index in [-0.39, 0.29) is 11.3 Å². The van der Waals surface area contributed by atoms with Crippen LogP contribution in [0.1, 0.15) is 37.3 Å². The minimum absolute atomic E-state index is 0.147. The largest absolute Gasteiger partial charge is 0.494 e. The van der Waals surface area contributed by atoms with Crippen LogP contribution in [0.25, 0.3) is 0 Å². The maximum Gasteiger partial charge on any atom is 0.417 e. The molecular formula is C13H17F3N2O. The van der Waals surface area contributed by atoms with Gasteiger partial charge in [0.1, 0.15) is 11.6 Å². The SMILES string of the molecule is CCCCCOc1ccc(C(=N)N)c(C(F)(F)F)c1. The number of halogens is 3. The summed E-state index contributed by atoms with van der Waals surface area (Å²) < 4.78 is 43.7. The van der Waals surface area contributed by atoms with Gasteiger partial charge in [0, 0.05) is 5.56 Å². The number of alkyl halides is 3. The predicted molar refractivity (Wildman–Crippen MR) is 67.5 cm³/mol. The van der Waals surface area contributed by atoms with E-state index >= 15 is 0 Å². The fourth-order valence-electron chi connectivity index (χ4n) is 1.62. The molecule has 3 N–H and O–H groups in total. The molecule has 0 bridgehead atoms. The van der Waals surface area contributed by atoms with Crippen molar-refractivity contribution < 1.29 is 17.9 Å². The zero-order chi connectivity index (χ0) is 14.5. The number of nitrogens with two attached hydrogens (primary N) is 1. The van der Waals surface area contributed by atoms with Crippen LogP contribution in [0, 0.1) is 5.41 Å². The zero-order valence-corrected chi connectivity index (χ0v) is 10.7. The second-order valence-corrected chi connectivity index (χ2v) is 4.17. The fourth-order valence-corrected chi connectivity index (χ4v) is 1.62. The van der Waals surface area contributed by atoms with Crippen LogP contribution in [0.5, 0.6) is 5.75 Å². The van der Waals surface area contributed by atoms with Crippen LogP contribution in [0.4, 0.5) is 13.2 Å². The van der Waals surface area contributed by atoms with E-state index in [4.69, 9.17) is 15.9 Å². The maximum atomic E-state index is 12.8. The van der Waals surface area contributed by atoms with E-state index in [9.17, 15) is 13.2 Å². The van der Waals surface area contributed by atoms with Crippen molar-refractivity contribution >= 4 is 5.84 Å². The van der Waals surface area contributed by atoms with Crippen molar-refractivity contribution in [3.63, 3.8) is 0 Å². The molecule has 6 heteroatoms. The van der Waals surface area contributed by atoms with Gasteiger partial charge in [-0.3, -0.25) is 5.41 Å². The van der Waals surface area contributed by atoms with E-state index in [2.05, 4.69) is 0 Å². The van der Waals surface area contributed by atoms with Crippen molar-refractivity contribution in [2.45, 2.75) is 32.4 Å². The van der Waals surface area contributed by atoms with Crippen LogP contribution in [0.15, 0.2) is 18.2 Å². The third-order valence-corrected chi connectivity index (χ3v) is 2.60. The van der Waals surface area contributed by atoms with Crippen LogP contribution >= 0.6 is 0 Å². The molecule has 1 aromatic rings. The standard InChI is InChI=1S/C13H17F3N2O/c1-2-3-4-7-19-9-5-6-10(12(17)18)11(8-9)13(14,15)16/h5-6,8H,2-4,7H2,1H3,(H3,17,18). The van der Waals surface area contributed by atoms with Crippen molar-refractivity contribution in [2.24, 2.45) is 5.73 Å². The van der Waals surface area contributed by atoms with Gasteiger partial charge >= 0.3 is 6.18 Å². The van der Waals surface area contributed by atoms with E-state index in [0.29, 0.717) is 6.61 Å². The molecule has 19 heavy (non-hydrogen) atoms. The highest BCUT2D eigenvalue weighted by Gasteiger charge is 2.34. The van der Waals surface area contributed by atoms with E-state index in [0.717, 1.165) is 25.3 Å². The van der Waals surface area contributed by atoms with Crippen molar-refractivity contribution in [2.75, 3.05) is 6.61 Å². The Morgan fingerprint density at radius 3 is 2.53 bits per heavy atom. The van der Waals surface area contributed by atoms with Crippen molar-refractivity contribution in [1.82, 2.24) is 0 Å². The second-order valence-electron chi connectivity index (χ2n) is 4.17. The van der Waals surface area contributed by atoms with Crippen LogP contribution in [-0.2, 0) is 6.18 Å². The Bertz CT molecular complexity index is 444. The monoisotopic (exact) mass is 274 g/mol. The predicted octanol–water partition coefficient (Wildman–Crippen LogP) is 3.56. The Labute approximate surface area is 110 Å². The first-order valence-electron chi connectivity index (χ1n) is 6.04. The Balaban J connectivity index is 2.90. The Morgan fingerprint density at radius 1 is 1.32 bits per heavy atom. The van der Waals surface area contributed by atoms with Crippen molar-refractivity contribution in [1.29, 1.82) is 5.41 Å². The third-order valence-electron chi connectivity index (χ3n) is 2.60. The van der Waals surface area contributed by atoms with Gasteiger partial charge in [-0.25, -0.2) is 0 Å². The first kappa shape index (κ1) is 15.3. The molecule has 0 unspecified atom stereocenters. The molecule has 0 aliphatic rings. The molecule has 0 saturated heterocycles. The molecule has 0 spiro atoms. The molecule has 3 nitrogen and oxygen atoms in total. The van der Waals surface area contributed by atoms with Crippen LogP contribution in [0.3, 0.4) is 0 Å². The first-order valence-corrected chi connectivity index (χ1v) is 6.04. The zero-order valence-electron chi connectivity index (χ0n) is 10.7. The number of ether oxygens (including phenoxy) is 1. The van der Waals surface area contributed by atoms with E-state index in [1.165, 1.54) is 12.1 Å². The second kappa shape index (κ2) is 6.45. The number of nitrogens with one attached hydrogen (secondary N) is 1. The van der Waals surface area contributed by atoms with Gasteiger partial charge in [0.2, 0.25) is 0 Å². The van der Waals surface area contributed by atoms with Crippen LogP contribution in [0.2, 0.25) is 0 Å². The number of hydrogen-bond donors (Lipinski definition) is 2. The van der Waals surface area contributed by atoms with Gasteiger partial charge in [-0.2, -0.15) is 13.2 Å². The fraction of sp³-hybridized carbons (Fsp3) is 0.462. The molecule has 0 atom stereocenters. The summed E-state index contributed by atoms with van der Waals surface area (Å²) in [6.45, 7) is 2.41. The smallest absolute Gasteiger partial charge is 0.417 e. The van der Waals surface area contributed by atoms with Gasteiger partial charge in [-0.05, 0) is 24.6 Å². The van der Waals surface area contributed by atoms with E-state index in [1.54, 1.807) is 0 Å². The highest BCUT2D eigenvalue weighted by atomic mass is 19.4.